The summed E-state index contributed by atoms with van der Waals surface area (Å²) in [6.45, 7) is 2.77. The van der Waals surface area contributed by atoms with Crippen molar-refractivity contribution < 1.29 is 13.6 Å². The van der Waals surface area contributed by atoms with Crippen LogP contribution in [0.25, 0.3) is 0 Å². The Kier molecular flexibility index (Phi) is 5.07. The zero-order chi connectivity index (χ0) is 18.8. The number of hydrazine groups is 1. The number of anilines is 1. The molecule has 0 saturated carbocycles. The van der Waals surface area contributed by atoms with Gasteiger partial charge in [0.2, 0.25) is 0 Å². The van der Waals surface area contributed by atoms with Gasteiger partial charge in [-0.1, -0.05) is 18.2 Å². The number of rotatable bonds is 4. The first kappa shape index (κ1) is 17.9. The van der Waals surface area contributed by atoms with Crippen LogP contribution in [0.3, 0.4) is 0 Å². The number of halogens is 2. The number of carbonyl (C=O) groups is 1. The van der Waals surface area contributed by atoms with Crippen molar-refractivity contribution in [1.29, 1.82) is 0 Å². The lowest BCUT2D eigenvalue weighted by molar-refractivity contribution is -0.00415. The molecule has 142 valence electrons. The van der Waals surface area contributed by atoms with E-state index < -0.39 is 0 Å². The van der Waals surface area contributed by atoms with Gasteiger partial charge in [-0.2, -0.15) is 0 Å². The van der Waals surface area contributed by atoms with Crippen molar-refractivity contribution in [2.75, 3.05) is 31.1 Å². The van der Waals surface area contributed by atoms with Crippen LogP contribution in [0.5, 0.6) is 0 Å². The van der Waals surface area contributed by atoms with Gasteiger partial charge < -0.3 is 0 Å². The molecule has 27 heavy (non-hydrogen) atoms. The SMILES string of the molecule is O=C1N(c2ccc(F)cc2)CCN1N1CCCC(Cc2ccccc2F)C1. The second-order valence-electron chi connectivity index (χ2n) is 7.25. The maximum atomic E-state index is 14.0. The summed E-state index contributed by atoms with van der Waals surface area (Å²) in [5.74, 6) is -0.146. The van der Waals surface area contributed by atoms with Gasteiger partial charge in [0.25, 0.3) is 0 Å². The van der Waals surface area contributed by atoms with Gasteiger partial charge in [0, 0.05) is 25.3 Å². The Balaban J connectivity index is 1.42. The molecule has 4 rings (SSSR count). The molecule has 0 bridgehead atoms. The Labute approximate surface area is 158 Å². The Morgan fingerprint density at radius 1 is 0.963 bits per heavy atom. The van der Waals surface area contributed by atoms with E-state index in [1.165, 1.54) is 18.2 Å². The van der Waals surface area contributed by atoms with Crippen LogP contribution >= 0.6 is 0 Å². The summed E-state index contributed by atoms with van der Waals surface area (Å²) in [6, 6.07) is 12.8. The van der Waals surface area contributed by atoms with E-state index in [2.05, 4.69) is 5.01 Å². The van der Waals surface area contributed by atoms with Crippen molar-refractivity contribution in [2.45, 2.75) is 19.3 Å². The number of piperidine rings is 1. The molecule has 2 aliphatic heterocycles. The highest BCUT2D eigenvalue weighted by molar-refractivity contribution is 5.93. The second kappa shape index (κ2) is 7.64. The third-order valence-electron chi connectivity index (χ3n) is 5.43. The van der Waals surface area contributed by atoms with Gasteiger partial charge >= 0.3 is 6.03 Å². The van der Waals surface area contributed by atoms with Gasteiger partial charge in [0.15, 0.2) is 0 Å². The number of urea groups is 1. The predicted molar refractivity (Wildman–Crippen MR) is 100 cm³/mol. The molecule has 2 fully saturated rings. The molecule has 2 amide bonds. The number of hydrogen-bond acceptors (Lipinski definition) is 2. The van der Waals surface area contributed by atoms with Crippen LogP contribution in [0.2, 0.25) is 0 Å². The van der Waals surface area contributed by atoms with Crippen molar-refractivity contribution in [2.24, 2.45) is 5.92 Å². The largest absolute Gasteiger partial charge is 0.339 e. The number of carbonyl (C=O) groups excluding carboxylic acids is 1. The molecule has 1 atom stereocenters. The predicted octanol–water partition coefficient (Wildman–Crippen LogP) is 4.08. The molecule has 0 N–H and O–H groups in total. The minimum absolute atomic E-state index is 0.0758. The molecule has 2 aromatic carbocycles. The monoisotopic (exact) mass is 371 g/mol. The number of benzene rings is 2. The quantitative estimate of drug-likeness (QED) is 0.810. The van der Waals surface area contributed by atoms with Crippen LogP contribution in [0.4, 0.5) is 19.3 Å². The fourth-order valence-electron chi connectivity index (χ4n) is 4.05. The fourth-order valence-corrected chi connectivity index (χ4v) is 4.05. The molecule has 4 nitrogen and oxygen atoms in total. The molecule has 2 heterocycles. The van der Waals surface area contributed by atoms with Crippen molar-refractivity contribution in [1.82, 2.24) is 10.0 Å². The summed E-state index contributed by atoms with van der Waals surface area (Å²) in [5, 5.41) is 3.89. The van der Waals surface area contributed by atoms with E-state index in [1.54, 1.807) is 28.1 Å². The number of amides is 2. The molecule has 2 saturated heterocycles. The molecule has 0 aromatic heterocycles. The molecular formula is C21H23F2N3O. The molecule has 1 unspecified atom stereocenters. The number of nitrogens with zero attached hydrogens (tertiary/aromatic N) is 3. The molecular weight excluding hydrogens is 348 g/mol. The maximum absolute atomic E-state index is 14.0. The summed E-state index contributed by atoms with van der Waals surface area (Å²) in [4.78, 5) is 14.5. The van der Waals surface area contributed by atoms with E-state index in [4.69, 9.17) is 0 Å². The minimum atomic E-state index is -0.311. The smallest absolute Gasteiger partial charge is 0.291 e. The van der Waals surface area contributed by atoms with Crippen LogP contribution in [0.15, 0.2) is 48.5 Å². The van der Waals surface area contributed by atoms with E-state index in [-0.39, 0.29) is 17.7 Å². The summed E-state index contributed by atoms with van der Waals surface area (Å²) in [7, 11) is 0. The molecule has 0 spiro atoms. The third kappa shape index (κ3) is 3.81. The van der Waals surface area contributed by atoms with Crippen molar-refractivity contribution in [3.63, 3.8) is 0 Å². The summed E-state index contributed by atoms with van der Waals surface area (Å²) in [6.07, 6.45) is 2.71. The molecule has 6 heteroatoms. The van der Waals surface area contributed by atoms with Crippen LogP contribution in [-0.4, -0.2) is 42.2 Å². The van der Waals surface area contributed by atoms with Gasteiger partial charge in [-0.3, -0.25) is 9.91 Å². The lowest BCUT2D eigenvalue weighted by Crippen LogP contribution is -2.50. The van der Waals surface area contributed by atoms with E-state index in [0.717, 1.165) is 31.5 Å². The Hall–Kier alpha value is -2.47. The van der Waals surface area contributed by atoms with Crippen molar-refractivity contribution in [3.05, 3.63) is 65.7 Å². The highest BCUT2D eigenvalue weighted by Crippen LogP contribution is 2.27. The van der Waals surface area contributed by atoms with E-state index in [9.17, 15) is 13.6 Å². The zero-order valence-corrected chi connectivity index (χ0v) is 15.2. The standard InChI is InChI=1S/C21H23F2N3O/c22-18-7-9-19(10-8-18)25-12-13-26(21(25)27)24-11-3-4-16(15-24)14-17-5-1-2-6-20(17)23/h1-2,5-10,16H,3-4,11-15H2. The van der Waals surface area contributed by atoms with Crippen LogP contribution in [-0.2, 0) is 6.42 Å². The summed E-state index contributed by atoms with van der Waals surface area (Å²) >= 11 is 0. The van der Waals surface area contributed by atoms with Gasteiger partial charge in [0.1, 0.15) is 11.6 Å². The molecule has 2 aromatic rings. The fraction of sp³-hybridized carbons (Fsp3) is 0.381. The lowest BCUT2D eigenvalue weighted by Gasteiger charge is -2.38. The first-order chi connectivity index (χ1) is 13.1. The Morgan fingerprint density at radius 2 is 1.74 bits per heavy atom. The molecule has 0 aliphatic carbocycles. The van der Waals surface area contributed by atoms with Crippen molar-refractivity contribution >= 4 is 11.7 Å². The normalized spacial score (nSPS) is 21.1. The third-order valence-corrected chi connectivity index (χ3v) is 5.43. The second-order valence-corrected chi connectivity index (χ2v) is 7.25. The first-order valence-electron chi connectivity index (χ1n) is 9.44. The highest BCUT2D eigenvalue weighted by atomic mass is 19.1. The topological polar surface area (TPSA) is 26.8 Å². The van der Waals surface area contributed by atoms with Gasteiger partial charge in [-0.15, -0.1) is 0 Å². The van der Waals surface area contributed by atoms with E-state index in [1.807, 2.05) is 12.1 Å². The Morgan fingerprint density at radius 3 is 2.52 bits per heavy atom. The average molecular weight is 371 g/mol. The molecule has 0 radical (unpaired) electrons. The summed E-state index contributed by atoms with van der Waals surface area (Å²) in [5.41, 5.74) is 1.45. The maximum Gasteiger partial charge on any atom is 0.339 e. The van der Waals surface area contributed by atoms with E-state index >= 15 is 0 Å². The van der Waals surface area contributed by atoms with Crippen molar-refractivity contribution in [3.8, 4) is 0 Å². The van der Waals surface area contributed by atoms with E-state index in [0.29, 0.717) is 31.1 Å². The first-order valence-corrected chi connectivity index (χ1v) is 9.44. The van der Waals surface area contributed by atoms with Gasteiger partial charge in [-0.25, -0.2) is 18.6 Å². The minimum Gasteiger partial charge on any atom is -0.291 e. The molecule has 2 aliphatic rings. The average Bonchev–Trinajstić information content (AvgIpc) is 3.06. The van der Waals surface area contributed by atoms with Gasteiger partial charge in [-0.05, 0) is 61.1 Å². The highest BCUT2D eigenvalue weighted by Gasteiger charge is 2.35. The Bertz CT molecular complexity index is 811. The van der Waals surface area contributed by atoms with Crippen LogP contribution in [0, 0.1) is 17.6 Å². The number of hydrogen-bond donors (Lipinski definition) is 0. The zero-order valence-electron chi connectivity index (χ0n) is 15.2. The van der Waals surface area contributed by atoms with Gasteiger partial charge in [0.05, 0.1) is 6.54 Å². The van der Waals surface area contributed by atoms with Crippen LogP contribution < -0.4 is 4.90 Å². The lowest BCUT2D eigenvalue weighted by atomic mass is 9.92. The summed E-state index contributed by atoms with van der Waals surface area (Å²) < 4.78 is 27.1. The van der Waals surface area contributed by atoms with Crippen LogP contribution in [0.1, 0.15) is 18.4 Å².